The van der Waals surface area contributed by atoms with Gasteiger partial charge in [-0.2, -0.15) is 0 Å². The zero-order valence-corrected chi connectivity index (χ0v) is 12.3. The van der Waals surface area contributed by atoms with Crippen molar-refractivity contribution in [2.24, 2.45) is 5.92 Å². The molecular formula is C16H22N2O2. The lowest BCUT2D eigenvalue weighted by Gasteiger charge is -2.13. The molecular weight excluding hydrogens is 252 g/mol. The molecule has 0 aliphatic heterocycles. The Morgan fingerprint density at radius 2 is 2.25 bits per heavy atom. The molecule has 4 nitrogen and oxygen atoms in total. The largest absolute Gasteiger partial charge is 0.485 e. The summed E-state index contributed by atoms with van der Waals surface area (Å²) in [6.07, 6.45) is 3.53. The maximum Gasteiger partial charge on any atom is 0.146 e. The molecule has 0 unspecified atom stereocenters. The Morgan fingerprint density at radius 1 is 1.40 bits per heavy atom. The van der Waals surface area contributed by atoms with Gasteiger partial charge in [-0.05, 0) is 31.5 Å². The van der Waals surface area contributed by atoms with Gasteiger partial charge in [-0.15, -0.1) is 0 Å². The van der Waals surface area contributed by atoms with E-state index in [1.165, 1.54) is 0 Å². The predicted octanol–water partition coefficient (Wildman–Crippen LogP) is 3.31. The minimum absolute atomic E-state index is 0.438. The first kappa shape index (κ1) is 14.6. The SMILES string of the molecule is Cc1cc(OCc2ccco2)c(CNCC(C)C)cn1. The first-order valence-corrected chi connectivity index (χ1v) is 6.96. The minimum Gasteiger partial charge on any atom is -0.485 e. The van der Waals surface area contributed by atoms with Crippen LogP contribution in [0.4, 0.5) is 0 Å². The van der Waals surface area contributed by atoms with Gasteiger partial charge in [0.05, 0.1) is 6.26 Å². The number of rotatable bonds is 7. The van der Waals surface area contributed by atoms with Crippen LogP contribution < -0.4 is 10.1 Å². The Bertz CT molecular complexity index is 521. The zero-order valence-electron chi connectivity index (χ0n) is 12.3. The van der Waals surface area contributed by atoms with E-state index in [0.717, 1.165) is 35.9 Å². The lowest BCUT2D eigenvalue weighted by molar-refractivity contribution is 0.266. The lowest BCUT2D eigenvalue weighted by atomic mass is 10.2. The summed E-state index contributed by atoms with van der Waals surface area (Å²) < 4.78 is 11.1. The standard InChI is InChI=1S/C16H22N2O2/c1-12(2)8-17-9-14-10-18-13(3)7-16(14)20-11-15-5-4-6-19-15/h4-7,10,12,17H,8-9,11H2,1-3H3. The molecule has 1 N–H and O–H groups in total. The first-order valence-electron chi connectivity index (χ1n) is 6.96. The Hall–Kier alpha value is -1.81. The number of ether oxygens (including phenoxy) is 1. The first-order chi connectivity index (χ1) is 9.65. The number of pyridine rings is 1. The molecule has 0 saturated carbocycles. The average Bonchev–Trinajstić information content (AvgIpc) is 2.91. The minimum atomic E-state index is 0.438. The van der Waals surface area contributed by atoms with Crippen LogP contribution in [0.25, 0.3) is 0 Å². The number of aromatic nitrogens is 1. The second kappa shape index (κ2) is 7.10. The monoisotopic (exact) mass is 274 g/mol. The summed E-state index contributed by atoms with van der Waals surface area (Å²) in [5, 5.41) is 3.41. The van der Waals surface area contributed by atoms with Crippen LogP contribution in [0.1, 0.15) is 30.9 Å². The summed E-state index contributed by atoms with van der Waals surface area (Å²) in [6.45, 7) is 8.52. The molecule has 2 heterocycles. The van der Waals surface area contributed by atoms with E-state index in [0.29, 0.717) is 12.5 Å². The van der Waals surface area contributed by atoms with E-state index in [9.17, 15) is 0 Å². The third kappa shape index (κ3) is 4.38. The summed E-state index contributed by atoms with van der Waals surface area (Å²) in [5.41, 5.74) is 2.02. The van der Waals surface area contributed by atoms with Crippen molar-refractivity contribution < 1.29 is 9.15 Å². The molecule has 0 fully saturated rings. The predicted molar refractivity (Wildman–Crippen MR) is 78.6 cm³/mol. The van der Waals surface area contributed by atoms with Gasteiger partial charge in [0, 0.05) is 30.1 Å². The van der Waals surface area contributed by atoms with Crippen LogP contribution in [0, 0.1) is 12.8 Å². The van der Waals surface area contributed by atoms with E-state index in [1.807, 2.05) is 31.3 Å². The zero-order chi connectivity index (χ0) is 14.4. The molecule has 0 spiro atoms. The second-order valence-electron chi connectivity index (χ2n) is 5.33. The number of hydrogen-bond donors (Lipinski definition) is 1. The van der Waals surface area contributed by atoms with Crippen LogP contribution in [0.5, 0.6) is 5.75 Å². The van der Waals surface area contributed by atoms with Crippen LogP contribution in [-0.2, 0) is 13.2 Å². The maximum atomic E-state index is 5.85. The smallest absolute Gasteiger partial charge is 0.146 e. The number of nitrogens with one attached hydrogen (secondary N) is 1. The van der Waals surface area contributed by atoms with Crippen molar-refractivity contribution in [2.45, 2.75) is 33.9 Å². The van der Waals surface area contributed by atoms with Gasteiger partial charge in [0.1, 0.15) is 18.1 Å². The molecule has 0 radical (unpaired) electrons. The normalized spacial score (nSPS) is 11.0. The molecule has 0 aliphatic rings. The quantitative estimate of drug-likeness (QED) is 0.841. The topological polar surface area (TPSA) is 47.3 Å². The molecule has 2 aromatic rings. The van der Waals surface area contributed by atoms with Crippen molar-refractivity contribution in [3.8, 4) is 5.75 Å². The Labute approximate surface area is 120 Å². The highest BCUT2D eigenvalue weighted by Gasteiger charge is 2.07. The summed E-state index contributed by atoms with van der Waals surface area (Å²) in [6, 6.07) is 5.74. The lowest BCUT2D eigenvalue weighted by Crippen LogP contribution is -2.19. The van der Waals surface area contributed by atoms with E-state index in [2.05, 4.69) is 24.1 Å². The fourth-order valence-corrected chi connectivity index (χ4v) is 1.87. The van der Waals surface area contributed by atoms with Crippen LogP contribution in [0.15, 0.2) is 35.1 Å². The number of nitrogens with zero attached hydrogens (tertiary/aromatic N) is 1. The Balaban J connectivity index is 1.99. The molecule has 2 rings (SSSR count). The van der Waals surface area contributed by atoms with Gasteiger partial charge in [-0.3, -0.25) is 4.98 Å². The van der Waals surface area contributed by atoms with Crippen molar-refractivity contribution >= 4 is 0 Å². The fourth-order valence-electron chi connectivity index (χ4n) is 1.87. The average molecular weight is 274 g/mol. The molecule has 0 amide bonds. The van der Waals surface area contributed by atoms with Crippen molar-refractivity contribution in [3.05, 3.63) is 47.7 Å². The third-order valence-corrected chi connectivity index (χ3v) is 2.90. The molecule has 108 valence electrons. The Kier molecular flexibility index (Phi) is 5.18. The van der Waals surface area contributed by atoms with E-state index >= 15 is 0 Å². The Morgan fingerprint density at radius 3 is 2.95 bits per heavy atom. The molecule has 20 heavy (non-hydrogen) atoms. The highest BCUT2D eigenvalue weighted by atomic mass is 16.5. The maximum absolute atomic E-state index is 5.85. The number of furan rings is 1. The third-order valence-electron chi connectivity index (χ3n) is 2.90. The van der Waals surface area contributed by atoms with Crippen molar-refractivity contribution in [1.29, 1.82) is 0 Å². The van der Waals surface area contributed by atoms with Crippen molar-refractivity contribution in [2.75, 3.05) is 6.54 Å². The van der Waals surface area contributed by atoms with Crippen molar-refractivity contribution in [3.63, 3.8) is 0 Å². The van der Waals surface area contributed by atoms with Gasteiger partial charge in [-0.1, -0.05) is 13.8 Å². The number of hydrogen-bond acceptors (Lipinski definition) is 4. The molecule has 0 saturated heterocycles. The molecule has 0 bridgehead atoms. The van der Waals surface area contributed by atoms with Crippen molar-refractivity contribution in [1.82, 2.24) is 10.3 Å². The molecule has 0 aromatic carbocycles. The summed E-state index contributed by atoms with van der Waals surface area (Å²) in [5.74, 6) is 2.31. The molecule has 4 heteroatoms. The van der Waals surface area contributed by atoms with E-state index < -0.39 is 0 Å². The highest BCUT2D eigenvalue weighted by Crippen LogP contribution is 2.20. The summed E-state index contributed by atoms with van der Waals surface area (Å²) >= 11 is 0. The fraction of sp³-hybridized carbons (Fsp3) is 0.438. The molecule has 0 aliphatic carbocycles. The van der Waals surface area contributed by atoms with Crippen LogP contribution in [-0.4, -0.2) is 11.5 Å². The van der Waals surface area contributed by atoms with Gasteiger partial charge in [0.25, 0.3) is 0 Å². The van der Waals surface area contributed by atoms with Gasteiger partial charge < -0.3 is 14.5 Å². The van der Waals surface area contributed by atoms with Crippen LogP contribution in [0.3, 0.4) is 0 Å². The highest BCUT2D eigenvalue weighted by molar-refractivity contribution is 5.32. The van der Waals surface area contributed by atoms with Crippen LogP contribution in [0.2, 0.25) is 0 Å². The van der Waals surface area contributed by atoms with Gasteiger partial charge in [-0.25, -0.2) is 0 Å². The van der Waals surface area contributed by atoms with E-state index in [-0.39, 0.29) is 0 Å². The summed E-state index contributed by atoms with van der Waals surface area (Å²) in [4.78, 5) is 4.34. The van der Waals surface area contributed by atoms with Gasteiger partial charge in [0.15, 0.2) is 0 Å². The van der Waals surface area contributed by atoms with Crippen LogP contribution >= 0.6 is 0 Å². The van der Waals surface area contributed by atoms with E-state index in [1.54, 1.807) is 6.26 Å². The molecule has 0 atom stereocenters. The van der Waals surface area contributed by atoms with E-state index in [4.69, 9.17) is 9.15 Å². The number of aryl methyl sites for hydroxylation is 1. The second-order valence-corrected chi connectivity index (χ2v) is 5.33. The van der Waals surface area contributed by atoms with Gasteiger partial charge >= 0.3 is 0 Å². The van der Waals surface area contributed by atoms with Gasteiger partial charge in [0.2, 0.25) is 0 Å². The molecule has 2 aromatic heterocycles. The summed E-state index contributed by atoms with van der Waals surface area (Å²) in [7, 11) is 0.